The van der Waals surface area contributed by atoms with Crippen molar-refractivity contribution >= 4 is 17.6 Å². The highest BCUT2D eigenvalue weighted by Crippen LogP contribution is 2.08. The molecule has 0 aromatic heterocycles. The van der Waals surface area contributed by atoms with E-state index in [0.29, 0.717) is 6.54 Å². The quantitative estimate of drug-likeness (QED) is 0.820. The third kappa shape index (κ3) is 4.71. The first-order valence-corrected chi connectivity index (χ1v) is 6.20. The van der Waals surface area contributed by atoms with E-state index in [1.807, 2.05) is 30.3 Å². The maximum atomic E-state index is 12.0. The van der Waals surface area contributed by atoms with Gasteiger partial charge in [0, 0.05) is 12.2 Å². The number of benzene rings is 1. The Morgan fingerprint density at radius 1 is 1.26 bits per heavy atom. The lowest BCUT2D eigenvalue weighted by Gasteiger charge is -2.25. The molecule has 1 amide bonds. The van der Waals surface area contributed by atoms with Gasteiger partial charge in [-0.1, -0.05) is 25.1 Å². The van der Waals surface area contributed by atoms with Crippen molar-refractivity contribution in [1.29, 1.82) is 0 Å². The van der Waals surface area contributed by atoms with Crippen LogP contribution in [0.5, 0.6) is 0 Å². The molecule has 0 saturated heterocycles. The highest BCUT2D eigenvalue weighted by Gasteiger charge is 2.22. The summed E-state index contributed by atoms with van der Waals surface area (Å²) in [5, 5.41) is 11.7. The number of aliphatic carboxylic acids is 1. The molecule has 2 unspecified atom stereocenters. The van der Waals surface area contributed by atoms with Crippen LogP contribution >= 0.6 is 0 Å². The summed E-state index contributed by atoms with van der Waals surface area (Å²) in [7, 11) is 1.74. The van der Waals surface area contributed by atoms with Crippen molar-refractivity contribution in [3.63, 3.8) is 0 Å². The van der Waals surface area contributed by atoms with Crippen LogP contribution < -0.4 is 5.32 Å². The zero-order valence-corrected chi connectivity index (χ0v) is 11.5. The number of hydrogen-bond acceptors (Lipinski definition) is 3. The Morgan fingerprint density at radius 3 is 2.37 bits per heavy atom. The van der Waals surface area contributed by atoms with E-state index in [-0.39, 0.29) is 11.9 Å². The van der Waals surface area contributed by atoms with Crippen molar-refractivity contribution in [3.05, 3.63) is 30.3 Å². The zero-order valence-electron chi connectivity index (χ0n) is 11.5. The molecule has 0 radical (unpaired) electrons. The highest BCUT2D eigenvalue weighted by atomic mass is 16.4. The standard InChI is InChI=1S/C14H20N2O3/c1-10(14(18)19)9-16(3)11(2)13(17)15-12-7-5-4-6-8-12/h4-8,10-11H,9H2,1-3H3,(H,15,17)(H,18,19). The smallest absolute Gasteiger partial charge is 0.307 e. The Hall–Kier alpha value is -1.88. The van der Waals surface area contributed by atoms with E-state index in [2.05, 4.69) is 5.32 Å². The topological polar surface area (TPSA) is 69.6 Å². The lowest BCUT2D eigenvalue weighted by molar-refractivity contribution is -0.142. The molecule has 19 heavy (non-hydrogen) atoms. The van der Waals surface area contributed by atoms with Gasteiger partial charge in [-0.2, -0.15) is 0 Å². The molecule has 2 N–H and O–H groups in total. The molecule has 0 saturated carbocycles. The fourth-order valence-electron chi connectivity index (χ4n) is 1.64. The van der Waals surface area contributed by atoms with E-state index in [0.717, 1.165) is 5.69 Å². The first-order valence-electron chi connectivity index (χ1n) is 6.20. The number of carboxylic acids is 1. The van der Waals surface area contributed by atoms with E-state index in [1.165, 1.54) is 0 Å². The summed E-state index contributed by atoms with van der Waals surface area (Å²) >= 11 is 0. The largest absolute Gasteiger partial charge is 0.481 e. The van der Waals surface area contributed by atoms with E-state index >= 15 is 0 Å². The van der Waals surface area contributed by atoms with Crippen molar-refractivity contribution in [1.82, 2.24) is 4.90 Å². The molecular formula is C14H20N2O3. The number of likely N-dealkylation sites (N-methyl/N-ethyl adjacent to an activating group) is 1. The van der Waals surface area contributed by atoms with Crippen molar-refractivity contribution in [2.75, 3.05) is 18.9 Å². The molecule has 0 heterocycles. The van der Waals surface area contributed by atoms with Gasteiger partial charge in [0.2, 0.25) is 5.91 Å². The fourth-order valence-corrected chi connectivity index (χ4v) is 1.64. The van der Waals surface area contributed by atoms with Gasteiger partial charge in [0.15, 0.2) is 0 Å². The second-order valence-corrected chi connectivity index (χ2v) is 4.71. The summed E-state index contributed by atoms with van der Waals surface area (Å²) in [5.74, 6) is -1.51. The third-order valence-electron chi connectivity index (χ3n) is 3.07. The molecule has 0 bridgehead atoms. The minimum absolute atomic E-state index is 0.147. The van der Waals surface area contributed by atoms with Gasteiger partial charge >= 0.3 is 5.97 Å². The van der Waals surface area contributed by atoms with Crippen LogP contribution in [-0.4, -0.2) is 41.5 Å². The molecule has 0 spiro atoms. The average Bonchev–Trinajstić information content (AvgIpc) is 2.38. The number of para-hydroxylation sites is 1. The minimum Gasteiger partial charge on any atom is -0.481 e. The summed E-state index contributed by atoms with van der Waals surface area (Å²) < 4.78 is 0. The van der Waals surface area contributed by atoms with Crippen LogP contribution in [0.15, 0.2) is 30.3 Å². The first-order chi connectivity index (χ1) is 8.91. The molecular weight excluding hydrogens is 244 g/mol. The van der Waals surface area contributed by atoms with Gasteiger partial charge in [-0.15, -0.1) is 0 Å². The SMILES string of the molecule is CC(CN(C)C(C)C(=O)Nc1ccccc1)C(=O)O. The number of carboxylic acid groups (broad SMARTS) is 1. The van der Waals surface area contributed by atoms with E-state index in [1.54, 1.807) is 25.8 Å². The molecule has 0 aliphatic rings. The van der Waals surface area contributed by atoms with Gasteiger partial charge in [0.25, 0.3) is 0 Å². The lowest BCUT2D eigenvalue weighted by atomic mass is 10.1. The lowest BCUT2D eigenvalue weighted by Crippen LogP contribution is -2.42. The maximum absolute atomic E-state index is 12.0. The van der Waals surface area contributed by atoms with Gasteiger partial charge in [-0.3, -0.25) is 14.5 Å². The number of carbonyl (C=O) groups excluding carboxylic acids is 1. The Bertz CT molecular complexity index is 434. The number of hydrogen-bond donors (Lipinski definition) is 2. The van der Waals surface area contributed by atoms with Crippen molar-refractivity contribution in [3.8, 4) is 0 Å². The first kappa shape index (κ1) is 15.2. The molecule has 1 rings (SSSR count). The molecule has 0 aliphatic heterocycles. The van der Waals surface area contributed by atoms with E-state index in [4.69, 9.17) is 5.11 Å². The number of nitrogens with one attached hydrogen (secondary N) is 1. The molecule has 104 valence electrons. The molecule has 5 nitrogen and oxygen atoms in total. The van der Waals surface area contributed by atoms with Gasteiger partial charge in [-0.25, -0.2) is 0 Å². The van der Waals surface area contributed by atoms with Crippen LogP contribution in [0.1, 0.15) is 13.8 Å². The van der Waals surface area contributed by atoms with Gasteiger partial charge < -0.3 is 10.4 Å². The monoisotopic (exact) mass is 264 g/mol. The Kier molecular flexibility index (Phi) is 5.51. The summed E-state index contributed by atoms with van der Waals surface area (Å²) in [6, 6.07) is 8.80. The molecule has 0 aliphatic carbocycles. The van der Waals surface area contributed by atoms with E-state index < -0.39 is 11.9 Å². The summed E-state index contributed by atoms with van der Waals surface area (Å²) in [4.78, 5) is 24.5. The van der Waals surface area contributed by atoms with Crippen LogP contribution in [-0.2, 0) is 9.59 Å². The van der Waals surface area contributed by atoms with E-state index in [9.17, 15) is 9.59 Å². The normalized spacial score (nSPS) is 13.9. The van der Waals surface area contributed by atoms with Crippen LogP contribution in [0.4, 0.5) is 5.69 Å². The fraction of sp³-hybridized carbons (Fsp3) is 0.429. The Morgan fingerprint density at radius 2 is 1.84 bits per heavy atom. The van der Waals surface area contributed by atoms with Gasteiger partial charge in [-0.05, 0) is 26.1 Å². The summed E-state index contributed by atoms with van der Waals surface area (Å²) in [6.45, 7) is 3.71. The number of nitrogens with zero attached hydrogens (tertiary/aromatic N) is 1. The van der Waals surface area contributed by atoms with Crippen LogP contribution in [0.3, 0.4) is 0 Å². The Balaban J connectivity index is 2.54. The highest BCUT2D eigenvalue weighted by molar-refractivity contribution is 5.94. The average molecular weight is 264 g/mol. The number of rotatable bonds is 6. The second-order valence-electron chi connectivity index (χ2n) is 4.71. The number of anilines is 1. The van der Waals surface area contributed by atoms with Crippen molar-refractivity contribution in [2.45, 2.75) is 19.9 Å². The number of amides is 1. The maximum Gasteiger partial charge on any atom is 0.307 e. The van der Waals surface area contributed by atoms with Crippen LogP contribution in [0.2, 0.25) is 0 Å². The Labute approximate surface area is 113 Å². The second kappa shape index (κ2) is 6.89. The predicted molar refractivity (Wildman–Crippen MR) is 74.0 cm³/mol. The molecule has 2 atom stereocenters. The molecule has 5 heteroatoms. The van der Waals surface area contributed by atoms with Gasteiger partial charge in [0.1, 0.15) is 0 Å². The molecule has 0 fully saturated rings. The van der Waals surface area contributed by atoms with Crippen molar-refractivity contribution < 1.29 is 14.7 Å². The predicted octanol–water partition coefficient (Wildman–Crippen LogP) is 1.67. The van der Waals surface area contributed by atoms with Gasteiger partial charge in [0.05, 0.1) is 12.0 Å². The van der Waals surface area contributed by atoms with Crippen LogP contribution in [0.25, 0.3) is 0 Å². The number of carbonyl (C=O) groups is 2. The van der Waals surface area contributed by atoms with Crippen molar-refractivity contribution in [2.24, 2.45) is 5.92 Å². The summed E-state index contributed by atoms with van der Waals surface area (Å²) in [5.41, 5.74) is 0.735. The molecule has 1 aromatic rings. The minimum atomic E-state index is -0.859. The molecule has 1 aromatic carbocycles. The third-order valence-corrected chi connectivity index (χ3v) is 3.07. The van der Waals surface area contributed by atoms with Crippen LogP contribution in [0, 0.1) is 5.92 Å². The summed E-state index contributed by atoms with van der Waals surface area (Å²) in [6.07, 6.45) is 0. The zero-order chi connectivity index (χ0) is 14.4.